The molecule has 3 rings (SSSR count). The molecule has 1 heterocycles. The molecule has 1 aliphatic heterocycles. The van der Waals surface area contributed by atoms with Gasteiger partial charge in [0.2, 0.25) is 0 Å². The Balaban J connectivity index is 1.35. The highest BCUT2D eigenvalue weighted by molar-refractivity contribution is 5.40. The van der Waals surface area contributed by atoms with Gasteiger partial charge in [-0.2, -0.15) is 0 Å². The number of aliphatic hydroxyl groups is 1. The van der Waals surface area contributed by atoms with Crippen LogP contribution in [0.1, 0.15) is 0 Å². The second-order valence-electron chi connectivity index (χ2n) is 5.54. The van der Waals surface area contributed by atoms with Crippen molar-refractivity contribution in [2.24, 2.45) is 0 Å². The second kappa shape index (κ2) is 7.85. The fraction of sp³-hybridized carbons (Fsp3) is 0.333. The first-order valence-corrected chi connectivity index (χ1v) is 7.87. The summed E-state index contributed by atoms with van der Waals surface area (Å²) >= 11 is 0. The summed E-state index contributed by atoms with van der Waals surface area (Å²) in [6.07, 6.45) is -0.529. The molecule has 2 aromatic carbocycles. The maximum atomic E-state index is 9.97. The minimum Gasteiger partial charge on any atom is -0.491 e. The Labute approximate surface area is 135 Å². The van der Waals surface area contributed by atoms with E-state index in [1.807, 2.05) is 59.9 Å². The largest absolute Gasteiger partial charge is 0.491 e. The molecule has 0 unspecified atom stereocenters. The number of nitrogens with two attached hydrogens (primary N) is 1. The van der Waals surface area contributed by atoms with E-state index in [-0.39, 0.29) is 12.7 Å². The monoisotopic (exact) mass is 316 g/mol. The number of hydrogen-bond acceptors (Lipinski definition) is 4. The van der Waals surface area contributed by atoms with Crippen molar-refractivity contribution in [1.82, 2.24) is 0 Å². The van der Waals surface area contributed by atoms with Crippen LogP contribution in [0.4, 0.5) is 0 Å². The summed E-state index contributed by atoms with van der Waals surface area (Å²) in [7, 11) is 0. The molecule has 0 fully saturated rings. The van der Waals surface area contributed by atoms with Gasteiger partial charge in [-0.05, 0) is 24.3 Å². The van der Waals surface area contributed by atoms with Crippen molar-refractivity contribution in [2.45, 2.75) is 12.2 Å². The molecule has 0 spiro atoms. The minimum absolute atomic E-state index is 0.00728. The summed E-state index contributed by atoms with van der Waals surface area (Å²) in [6.45, 7) is 2.11. The van der Waals surface area contributed by atoms with Crippen LogP contribution in [0.3, 0.4) is 0 Å². The first kappa shape index (κ1) is 15.6. The summed E-state index contributed by atoms with van der Waals surface area (Å²) in [5, 5.41) is 12.0. The molecule has 0 saturated heterocycles. The molecule has 122 valence electrons. The van der Waals surface area contributed by atoms with E-state index in [0.717, 1.165) is 23.8 Å². The van der Waals surface area contributed by atoms with Gasteiger partial charge in [-0.15, -0.1) is 0 Å². The van der Waals surface area contributed by atoms with Crippen LogP contribution in [0, 0.1) is 0 Å². The predicted molar refractivity (Wildman–Crippen MR) is 86.0 cm³/mol. The van der Waals surface area contributed by atoms with Gasteiger partial charge < -0.3 is 24.6 Å². The van der Waals surface area contributed by atoms with Gasteiger partial charge in [-0.25, -0.2) is 0 Å². The highest BCUT2D eigenvalue weighted by atomic mass is 16.6. The molecule has 3 N–H and O–H groups in total. The molecule has 0 aliphatic carbocycles. The zero-order chi connectivity index (χ0) is 15.9. The van der Waals surface area contributed by atoms with Crippen LogP contribution >= 0.6 is 0 Å². The lowest BCUT2D eigenvalue weighted by Crippen LogP contribution is -2.89. The molecular weight excluding hydrogens is 294 g/mol. The predicted octanol–water partition coefficient (Wildman–Crippen LogP) is 0.830. The molecule has 0 amide bonds. The molecule has 5 nitrogen and oxygen atoms in total. The highest BCUT2D eigenvalue weighted by Gasteiger charge is 2.22. The van der Waals surface area contributed by atoms with Crippen LogP contribution in [0.15, 0.2) is 54.6 Å². The lowest BCUT2D eigenvalue weighted by molar-refractivity contribution is -0.666. The van der Waals surface area contributed by atoms with E-state index >= 15 is 0 Å². The van der Waals surface area contributed by atoms with Crippen LogP contribution in [-0.2, 0) is 0 Å². The van der Waals surface area contributed by atoms with Gasteiger partial charge in [0, 0.05) is 0 Å². The number of hydrogen-bond donors (Lipinski definition) is 2. The number of para-hydroxylation sites is 3. The molecule has 2 atom stereocenters. The van der Waals surface area contributed by atoms with Crippen LogP contribution < -0.4 is 19.5 Å². The van der Waals surface area contributed by atoms with E-state index in [1.54, 1.807) is 0 Å². The summed E-state index contributed by atoms with van der Waals surface area (Å²) in [5.41, 5.74) is 0. The van der Waals surface area contributed by atoms with Crippen molar-refractivity contribution >= 4 is 0 Å². The number of quaternary nitrogens is 1. The van der Waals surface area contributed by atoms with Crippen molar-refractivity contribution in [3.63, 3.8) is 0 Å². The number of aliphatic hydroxyl groups excluding tert-OH is 1. The molecule has 1 aliphatic rings. The maximum Gasteiger partial charge on any atom is 0.181 e. The first-order valence-electron chi connectivity index (χ1n) is 7.87. The van der Waals surface area contributed by atoms with E-state index in [9.17, 15) is 5.11 Å². The molecular formula is C18H22NO4+. The van der Waals surface area contributed by atoms with E-state index in [0.29, 0.717) is 13.2 Å². The van der Waals surface area contributed by atoms with Gasteiger partial charge in [0.1, 0.15) is 38.2 Å². The molecule has 23 heavy (non-hydrogen) atoms. The Hall–Kier alpha value is -2.24. The van der Waals surface area contributed by atoms with Crippen LogP contribution in [0.5, 0.6) is 17.2 Å². The lowest BCUT2D eigenvalue weighted by Gasteiger charge is -2.25. The quantitative estimate of drug-likeness (QED) is 0.794. The summed E-state index contributed by atoms with van der Waals surface area (Å²) < 4.78 is 17.1. The van der Waals surface area contributed by atoms with E-state index in [1.165, 1.54) is 0 Å². The van der Waals surface area contributed by atoms with Crippen molar-refractivity contribution in [3.8, 4) is 17.2 Å². The number of benzene rings is 2. The lowest BCUT2D eigenvalue weighted by atomic mass is 10.2. The minimum atomic E-state index is -0.521. The Morgan fingerprint density at radius 3 is 2.65 bits per heavy atom. The van der Waals surface area contributed by atoms with Gasteiger partial charge in [0.25, 0.3) is 0 Å². The zero-order valence-electron chi connectivity index (χ0n) is 12.9. The Kier molecular flexibility index (Phi) is 5.34. The topological polar surface area (TPSA) is 64.5 Å². The fourth-order valence-electron chi connectivity index (χ4n) is 2.43. The van der Waals surface area contributed by atoms with Gasteiger partial charge in [-0.1, -0.05) is 30.3 Å². The third kappa shape index (κ3) is 4.61. The highest BCUT2D eigenvalue weighted by Crippen LogP contribution is 2.30. The third-order valence-electron chi connectivity index (χ3n) is 3.62. The number of ether oxygens (including phenoxy) is 3. The average Bonchev–Trinajstić information content (AvgIpc) is 2.61. The van der Waals surface area contributed by atoms with E-state index < -0.39 is 6.10 Å². The van der Waals surface area contributed by atoms with Gasteiger partial charge in [-0.3, -0.25) is 0 Å². The van der Waals surface area contributed by atoms with Crippen molar-refractivity contribution in [3.05, 3.63) is 54.6 Å². The summed E-state index contributed by atoms with van der Waals surface area (Å²) in [4.78, 5) is 0. The fourth-order valence-corrected chi connectivity index (χ4v) is 2.43. The van der Waals surface area contributed by atoms with Gasteiger partial charge >= 0.3 is 0 Å². The Bertz CT molecular complexity index is 605. The summed E-state index contributed by atoms with van der Waals surface area (Å²) in [5.74, 6) is 2.34. The van der Waals surface area contributed by atoms with Gasteiger partial charge in [0.15, 0.2) is 17.6 Å². The Morgan fingerprint density at radius 1 is 1.09 bits per heavy atom. The SMILES string of the molecule is O[C@@H](C[NH2+]C[C@@H]1COc2ccccc2O1)COc1ccccc1. The normalized spacial score (nSPS) is 17.5. The molecule has 0 bridgehead atoms. The van der Waals surface area contributed by atoms with Gasteiger partial charge in [0.05, 0.1) is 0 Å². The van der Waals surface area contributed by atoms with Crippen LogP contribution in [-0.4, -0.2) is 43.6 Å². The van der Waals surface area contributed by atoms with Crippen LogP contribution in [0.25, 0.3) is 0 Å². The third-order valence-corrected chi connectivity index (χ3v) is 3.62. The molecule has 5 heteroatoms. The Morgan fingerprint density at radius 2 is 1.83 bits per heavy atom. The molecule has 0 radical (unpaired) electrons. The average molecular weight is 316 g/mol. The van der Waals surface area contributed by atoms with Crippen LogP contribution in [0.2, 0.25) is 0 Å². The standard InChI is InChI=1S/C18H21NO4/c20-14(12-21-15-6-2-1-3-7-15)10-19-11-16-13-22-17-8-4-5-9-18(17)23-16/h1-9,14,16,19-20H,10-13H2/p+1/t14-,16+/m0/s1. The summed E-state index contributed by atoms with van der Waals surface area (Å²) in [6, 6.07) is 17.2. The van der Waals surface area contributed by atoms with E-state index in [2.05, 4.69) is 0 Å². The van der Waals surface area contributed by atoms with E-state index in [4.69, 9.17) is 14.2 Å². The van der Waals surface area contributed by atoms with Crippen molar-refractivity contribution in [1.29, 1.82) is 0 Å². The first-order chi connectivity index (χ1) is 11.3. The smallest absolute Gasteiger partial charge is 0.181 e. The molecule has 0 aromatic heterocycles. The number of fused-ring (bicyclic) bond motifs is 1. The molecule has 0 saturated carbocycles. The maximum absolute atomic E-state index is 9.97. The van der Waals surface area contributed by atoms with Crippen molar-refractivity contribution in [2.75, 3.05) is 26.3 Å². The second-order valence-corrected chi connectivity index (χ2v) is 5.54. The van der Waals surface area contributed by atoms with Crippen molar-refractivity contribution < 1.29 is 24.6 Å². The molecule has 2 aromatic rings. The zero-order valence-corrected chi connectivity index (χ0v) is 12.9. The number of rotatable bonds is 7.